The van der Waals surface area contributed by atoms with E-state index in [1.54, 1.807) is 7.11 Å². The summed E-state index contributed by atoms with van der Waals surface area (Å²) in [6, 6.07) is 13.7. The summed E-state index contributed by atoms with van der Waals surface area (Å²) in [5, 5.41) is 7.41. The van der Waals surface area contributed by atoms with Crippen LogP contribution in [0.4, 0.5) is 0 Å². The first-order chi connectivity index (χ1) is 13.7. The zero-order chi connectivity index (χ0) is 19.3. The average molecular weight is 371 g/mol. The van der Waals surface area contributed by atoms with E-state index in [9.17, 15) is 4.79 Å². The molecule has 4 rings (SSSR count). The Balaban J connectivity index is 1.35. The number of carbonyl (C=O) groups is 1. The SMILES string of the molecule is COc1ccc2[nH]cc(CCNC(=O)c3ccc(B4C=CC=CN4)cc3)c2c1. The molecule has 0 radical (unpaired) electrons. The third-order valence-electron chi connectivity index (χ3n) is 4.97. The second-order valence-corrected chi connectivity index (χ2v) is 6.74. The van der Waals surface area contributed by atoms with Gasteiger partial charge in [0.25, 0.3) is 5.91 Å². The molecule has 0 bridgehead atoms. The van der Waals surface area contributed by atoms with Gasteiger partial charge in [-0.15, -0.1) is 0 Å². The first-order valence-electron chi connectivity index (χ1n) is 9.36. The predicted molar refractivity (Wildman–Crippen MR) is 114 cm³/mol. The van der Waals surface area contributed by atoms with Gasteiger partial charge in [0.15, 0.2) is 0 Å². The van der Waals surface area contributed by atoms with Crippen LogP contribution in [0.25, 0.3) is 10.9 Å². The highest BCUT2D eigenvalue weighted by molar-refractivity contribution is 6.76. The van der Waals surface area contributed by atoms with Crippen molar-refractivity contribution < 1.29 is 9.53 Å². The van der Waals surface area contributed by atoms with Gasteiger partial charge in [-0.2, -0.15) is 0 Å². The minimum atomic E-state index is -0.0592. The van der Waals surface area contributed by atoms with Crippen LogP contribution in [-0.4, -0.2) is 31.4 Å². The second kappa shape index (κ2) is 8.09. The number of allylic oxidation sites excluding steroid dienone is 2. The van der Waals surface area contributed by atoms with Gasteiger partial charge in [0.1, 0.15) is 5.75 Å². The topological polar surface area (TPSA) is 66.1 Å². The number of fused-ring (bicyclic) bond motifs is 1. The monoisotopic (exact) mass is 371 g/mol. The fraction of sp³-hybridized carbons (Fsp3) is 0.136. The van der Waals surface area contributed by atoms with E-state index in [0.29, 0.717) is 12.1 Å². The van der Waals surface area contributed by atoms with Crippen molar-refractivity contribution in [1.82, 2.24) is 15.5 Å². The van der Waals surface area contributed by atoms with Gasteiger partial charge in [0.05, 0.1) is 7.11 Å². The summed E-state index contributed by atoms with van der Waals surface area (Å²) < 4.78 is 5.30. The first kappa shape index (κ1) is 18.0. The molecule has 1 aliphatic rings. The summed E-state index contributed by atoms with van der Waals surface area (Å²) in [5.41, 5.74) is 4.02. The number of carbonyl (C=O) groups excluding carboxylic acids is 1. The number of aromatic nitrogens is 1. The molecular formula is C22H22BN3O2. The van der Waals surface area contributed by atoms with E-state index in [4.69, 9.17) is 4.74 Å². The molecule has 3 aromatic rings. The van der Waals surface area contributed by atoms with Crippen LogP contribution in [-0.2, 0) is 6.42 Å². The molecule has 0 fully saturated rings. The Morgan fingerprint density at radius 2 is 2.00 bits per heavy atom. The molecular weight excluding hydrogens is 349 g/mol. The van der Waals surface area contributed by atoms with Gasteiger partial charge in [0, 0.05) is 29.2 Å². The molecule has 28 heavy (non-hydrogen) atoms. The highest BCUT2D eigenvalue weighted by atomic mass is 16.5. The number of hydrogen-bond donors (Lipinski definition) is 3. The van der Waals surface area contributed by atoms with E-state index in [1.165, 1.54) is 0 Å². The molecule has 140 valence electrons. The maximum Gasteiger partial charge on any atom is 0.312 e. The van der Waals surface area contributed by atoms with Crippen molar-refractivity contribution in [1.29, 1.82) is 0 Å². The third kappa shape index (κ3) is 3.81. The van der Waals surface area contributed by atoms with Crippen LogP contribution >= 0.6 is 0 Å². The fourth-order valence-corrected chi connectivity index (χ4v) is 3.40. The van der Waals surface area contributed by atoms with Gasteiger partial charge in [-0.3, -0.25) is 4.79 Å². The number of benzene rings is 2. The van der Waals surface area contributed by atoms with Crippen molar-refractivity contribution in [2.45, 2.75) is 6.42 Å². The van der Waals surface area contributed by atoms with E-state index in [-0.39, 0.29) is 12.8 Å². The first-order valence-corrected chi connectivity index (χ1v) is 9.36. The number of hydrogen-bond acceptors (Lipinski definition) is 3. The molecule has 0 atom stereocenters. The Kier molecular flexibility index (Phi) is 5.19. The minimum Gasteiger partial charge on any atom is -0.497 e. The van der Waals surface area contributed by atoms with Crippen LogP contribution in [0.1, 0.15) is 15.9 Å². The van der Waals surface area contributed by atoms with Gasteiger partial charge in [-0.05, 0) is 54.6 Å². The standard InChI is InChI=1S/C22H22BN3O2/c1-28-19-8-9-21-20(14-19)17(15-25-21)10-13-24-22(27)16-4-6-18(7-5-16)23-11-2-3-12-26-23/h2-9,11-12,14-15,25-26H,10,13H2,1H3,(H,24,27). The Hall–Kier alpha value is -3.41. The van der Waals surface area contributed by atoms with E-state index in [1.807, 2.05) is 67.0 Å². The highest BCUT2D eigenvalue weighted by Crippen LogP contribution is 2.23. The van der Waals surface area contributed by atoms with Crippen molar-refractivity contribution in [2.75, 3.05) is 13.7 Å². The molecule has 5 nitrogen and oxygen atoms in total. The fourth-order valence-electron chi connectivity index (χ4n) is 3.40. The van der Waals surface area contributed by atoms with Crippen LogP contribution in [0.3, 0.4) is 0 Å². The third-order valence-corrected chi connectivity index (χ3v) is 4.97. The number of amides is 1. The largest absolute Gasteiger partial charge is 0.497 e. The van der Waals surface area contributed by atoms with Crippen molar-refractivity contribution in [3.05, 3.63) is 84.1 Å². The quantitative estimate of drug-likeness (QED) is 0.584. The molecule has 2 aromatic carbocycles. The van der Waals surface area contributed by atoms with E-state index < -0.39 is 0 Å². The molecule has 1 amide bonds. The van der Waals surface area contributed by atoms with Crippen LogP contribution in [0.15, 0.2) is 73.0 Å². The zero-order valence-electron chi connectivity index (χ0n) is 15.7. The van der Waals surface area contributed by atoms with Gasteiger partial charge >= 0.3 is 6.85 Å². The summed E-state index contributed by atoms with van der Waals surface area (Å²) in [7, 11) is 1.66. The van der Waals surface area contributed by atoms with Crippen molar-refractivity contribution in [3.8, 4) is 5.75 Å². The molecule has 0 spiro atoms. The summed E-state index contributed by atoms with van der Waals surface area (Å²) in [6.45, 7) is 0.726. The van der Waals surface area contributed by atoms with Crippen molar-refractivity contribution in [3.63, 3.8) is 0 Å². The van der Waals surface area contributed by atoms with Crippen LogP contribution in [0, 0.1) is 0 Å². The lowest BCUT2D eigenvalue weighted by Crippen LogP contribution is -2.41. The second-order valence-electron chi connectivity index (χ2n) is 6.74. The lowest BCUT2D eigenvalue weighted by molar-refractivity contribution is 0.0954. The molecule has 0 saturated carbocycles. The minimum absolute atomic E-state index is 0.0592. The molecule has 0 saturated heterocycles. The van der Waals surface area contributed by atoms with Crippen LogP contribution in [0.2, 0.25) is 0 Å². The number of nitrogens with one attached hydrogen (secondary N) is 3. The lowest BCUT2D eigenvalue weighted by Gasteiger charge is -2.12. The normalized spacial score (nSPS) is 12.8. The predicted octanol–water partition coefficient (Wildman–Crippen LogP) is 2.56. The smallest absolute Gasteiger partial charge is 0.312 e. The van der Waals surface area contributed by atoms with E-state index in [2.05, 4.69) is 21.5 Å². The molecule has 1 aromatic heterocycles. The summed E-state index contributed by atoms with van der Waals surface area (Å²) >= 11 is 0. The number of aromatic amines is 1. The summed E-state index contributed by atoms with van der Waals surface area (Å²) in [5.74, 6) is 2.86. The molecule has 0 unspecified atom stereocenters. The Morgan fingerprint density at radius 3 is 2.75 bits per heavy atom. The molecule has 6 heteroatoms. The van der Waals surface area contributed by atoms with E-state index >= 15 is 0 Å². The Labute approximate surface area is 164 Å². The van der Waals surface area contributed by atoms with Crippen LogP contribution < -0.4 is 20.7 Å². The Morgan fingerprint density at radius 1 is 1.14 bits per heavy atom. The Bertz CT molecular complexity index is 1040. The summed E-state index contributed by atoms with van der Waals surface area (Å²) in [4.78, 5) is 15.7. The molecule has 2 heterocycles. The molecule has 3 N–H and O–H groups in total. The summed E-state index contributed by atoms with van der Waals surface area (Å²) in [6.07, 6.45) is 8.64. The maximum atomic E-state index is 12.4. The van der Waals surface area contributed by atoms with Gasteiger partial charge in [0.2, 0.25) is 0 Å². The van der Waals surface area contributed by atoms with Crippen molar-refractivity contribution in [2.24, 2.45) is 0 Å². The highest BCUT2D eigenvalue weighted by Gasteiger charge is 2.14. The van der Waals surface area contributed by atoms with E-state index in [0.717, 1.165) is 34.1 Å². The number of ether oxygens (including phenoxy) is 1. The molecule has 0 aliphatic carbocycles. The number of rotatable bonds is 6. The maximum absolute atomic E-state index is 12.4. The van der Waals surface area contributed by atoms with Gasteiger partial charge in [-0.25, -0.2) is 0 Å². The van der Waals surface area contributed by atoms with Crippen molar-refractivity contribution >= 4 is 29.1 Å². The van der Waals surface area contributed by atoms with Gasteiger partial charge < -0.3 is 20.3 Å². The van der Waals surface area contributed by atoms with Crippen LogP contribution in [0.5, 0.6) is 5.75 Å². The molecule has 1 aliphatic heterocycles. The number of H-pyrrole nitrogens is 1. The zero-order valence-corrected chi connectivity index (χ0v) is 15.7. The number of methoxy groups -OCH3 is 1. The lowest BCUT2D eigenvalue weighted by atomic mass is 9.55. The van der Waals surface area contributed by atoms with Gasteiger partial charge in [-0.1, -0.05) is 29.6 Å². The average Bonchev–Trinajstić information content (AvgIpc) is 3.16.